The van der Waals surface area contributed by atoms with Crippen LogP contribution < -0.4 is 10.9 Å². The Bertz CT molecular complexity index is 1150. The highest BCUT2D eigenvalue weighted by molar-refractivity contribution is 7.71. The van der Waals surface area contributed by atoms with Crippen LogP contribution in [0.15, 0.2) is 47.3 Å². The molecule has 0 saturated heterocycles. The molecule has 1 heterocycles. The van der Waals surface area contributed by atoms with E-state index in [0.717, 1.165) is 19.3 Å². The number of aromatic amines is 1. The van der Waals surface area contributed by atoms with Crippen LogP contribution in [0.25, 0.3) is 10.9 Å². The zero-order chi connectivity index (χ0) is 19.0. The van der Waals surface area contributed by atoms with Crippen molar-refractivity contribution in [1.29, 1.82) is 0 Å². The highest BCUT2D eigenvalue weighted by Crippen LogP contribution is 2.30. The van der Waals surface area contributed by atoms with Crippen LogP contribution in [0.2, 0.25) is 0 Å². The molecule has 0 bridgehead atoms. The number of rotatable bonds is 3. The van der Waals surface area contributed by atoms with Crippen LogP contribution in [0.5, 0.6) is 0 Å². The number of nitrogens with one attached hydrogen (secondary N) is 2. The fourth-order valence-corrected chi connectivity index (χ4v) is 4.02. The van der Waals surface area contributed by atoms with E-state index >= 15 is 0 Å². The molecule has 4 rings (SSSR count). The van der Waals surface area contributed by atoms with Gasteiger partial charge in [-0.1, -0.05) is 24.3 Å². The van der Waals surface area contributed by atoms with Gasteiger partial charge in [-0.3, -0.25) is 14.2 Å². The van der Waals surface area contributed by atoms with Crippen LogP contribution in [-0.4, -0.2) is 22.0 Å². The molecule has 0 saturated carbocycles. The van der Waals surface area contributed by atoms with Crippen molar-refractivity contribution in [2.24, 2.45) is 7.05 Å². The lowest BCUT2D eigenvalue weighted by atomic mass is 9.83. The zero-order valence-electron chi connectivity index (χ0n) is 15.1. The standard InChI is InChI=1S/C21H21N3O2S/c1-24-20(26)17-10-9-14(11-18(17)23-21(24)27)19(25)22-12-15-7-4-6-13-5-2-3-8-16(13)15/h2-3,5,8-11,15H,4,6-7,12H2,1H3,(H,22,25)(H,23,27)/t15-/m1/s1. The molecule has 0 aliphatic heterocycles. The summed E-state index contributed by atoms with van der Waals surface area (Å²) in [7, 11) is 1.63. The molecule has 0 radical (unpaired) electrons. The largest absolute Gasteiger partial charge is 0.351 e. The summed E-state index contributed by atoms with van der Waals surface area (Å²) >= 11 is 5.16. The number of benzene rings is 2. The first-order valence-electron chi connectivity index (χ1n) is 9.13. The summed E-state index contributed by atoms with van der Waals surface area (Å²) in [6, 6.07) is 13.5. The van der Waals surface area contributed by atoms with Gasteiger partial charge in [-0.05, 0) is 60.8 Å². The van der Waals surface area contributed by atoms with Gasteiger partial charge in [0.2, 0.25) is 0 Å². The molecule has 2 aromatic carbocycles. The summed E-state index contributed by atoms with van der Waals surface area (Å²) in [4.78, 5) is 27.9. The van der Waals surface area contributed by atoms with Gasteiger partial charge in [0.15, 0.2) is 4.77 Å². The van der Waals surface area contributed by atoms with Gasteiger partial charge in [0, 0.05) is 25.1 Å². The number of hydrogen-bond acceptors (Lipinski definition) is 3. The van der Waals surface area contributed by atoms with Crippen molar-refractivity contribution >= 4 is 29.0 Å². The van der Waals surface area contributed by atoms with E-state index in [0.29, 0.717) is 33.7 Å². The minimum atomic E-state index is -0.167. The summed E-state index contributed by atoms with van der Waals surface area (Å²) in [6.45, 7) is 0.612. The Hall–Kier alpha value is -2.73. The Morgan fingerprint density at radius 1 is 1.30 bits per heavy atom. The lowest BCUT2D eigenvalue weighted by Crippen LogP contribution is -2.30. The number of hydrogen-bond donors (Lipinski definition) is 2. The van der Waals surface area contributed by atoms with Crippen molar-refractivity contribution < 1.29 is 4.79 Å². The monoisotopic (exact) mass is 379 g/mol. The van der Waals surface area contributed by atoms with Crippen molar-refractivity contribution in [2.75, 3.05) is 6.54 Å². The molecule has 138 valence electrons. The van der Waals surface area contributed by atoms with Gasteiger partial charge in [0.05, 0.1) is 10.9 Å². The predicted octanol–water partition coefficient (Wildman–Crippen LogP) is 3.45. The Morgan fingerprint density at radius 2 is 2.11 bits per heavy atom. The Kier molecular flexibility index (Phi) is 4.66. The summed E-state index contributed by atoms with van der Waals surface area (Å²) in [5.74, 6) is 0.206. The number of aryl methyl sites for hydroxylation is 1. The first-order chi connectivity index (χ1) is 13.0. The molecular formula is C21H21N3O2S. The Morgan fingerprint density at radius 3 is 2.96 bits per heavy atom. The van der Waals surface area contributed by atoms with Crippen molar-refractivity contribution in [3.63, 3.8) is 0 Å². The van der Waals surface area contributed by atoms with Crippen LogP contribution in [0.4, 0.5) is 0 Å². The Balaban J connectivity index is 1.55. The molecule has 0 fully saturated rings. The number of carbonyl (C=O) groups excluding carboxylic acids is 1. The molecule has 2 N–H and O–H groups in total. The molecule has 27 heavy (non-hydrogen) atoms. The maximum absolute atomic E-state index is 12.6. The molecule has 1 amide bonds. The van der Waals surface area contributed by atoms with E-state index in [1.807, 2.05) is 0 Å². The highest BCUT2D eigenvalue weighted by atomic mass is 32.1. The Labute approximate surface area is 162 Å². The van der Waals surface area contributed by atoms with Gasteiger partial charge in [-0.25, -0.2) is 0 Å². The third-order valence-corrected chi connectivity index (χ3v) is 5.74. The van der Waals surface area contributed by atoms with Crippen LogP contribution in [-0.2, 0) is 13.5 Å². The normalized spacial score (nSPS) is 16.1. The molecule has 1 aromatic heterocycles. The van der Waals surface area contributed by atoms with Gasteiger partial charge in [0.1, 0.15) is 0 Å². The third kappa shape index (κ3) is 3.32. The van der Waals surface area contributed by atoms with Crippen molar-refractivity contribution in [3.8, 4) is 0 Å². The van der Waals surface area contributed by atoms with E-state index in [4.69, 9.17) is 12.2 Å². The predicted molar refractivity (Wildman–Crippen MR) is 109 cm³/mol. The van der Waals surface area contributed by atoms with Crippen molar-refractivity contribution in [2.45, 2.75) is 25.2 Å². The summed E-state index contributed by atoms with van der Waals surface area (Å²) in [5, 5.41) is 3.57. The summed E-state index contributed by atoms with van der Waals surface area (Å²) in [6.07, 6.45) is 3.34. The molecule has 5 nitrogen and oxygen atoms in total. The first kappa shape index (κ1) is 17.7. The lowest BCUT2D eigenvalue weighted by Gasteiger charge is -2.25. The van der Waals surface area contributed by atoms with Gasteiger partial charge in [-0.2, -0.15) is 0 Å². The minimum Gasteiger partial charge on any atom is -0.351 e. The van der Waals surface area contributed by atoms with Crippen LogP contribution in [0.1, 0.15) is 40.2 Å². The minimum absolute atomic E-state index is 0.139. The number of aromatic nitrogens is 2. The molecule has 0 spiro atoms. The fraction of sp³-hybridized carbons (Fsp3) is 0.286. The second kappa shape index (κ2) is 7.12. The SMILES string of the molecule is Cn1c(=S)[nH]c2cc(C(=O)NC[C@H]3CCCc4ccccc43)ccc2c1=O. The molecular weight excluding hydrogens is 358 g/mol. The average molecular weight is 379 g/mol. The van der Waals surface area contributed by atoms with Gasteiger partial charge < -0.3 is 10.3 Å². The third-order valence-electron chi connectivity index (χ3n) is 5.37. The second-order valence-electron chi connectivity index (χ2n) is 7.05. The number of fused-ring (bicyclic) bond motifs is 2. The topological polar surface area (TPSA) is 66.9 Å². The molecule has 3 aromatic rings. The lowest BCUT2D eigenvalue weighted by molar-refractivity contribution is 0.0950. The van der Waals surface area contributed by atoms with Gasteiger partial charge in [0.25, 0.3) is 11.5 Å². The van der Waals surface area contributed by atoms with E-state index in [2.05, 4.69) is 34.6 Å². The number of H-pyrrole nitrogens is 1. The van der Waals surface area contributed by atoms with E-state index in [-0.39, 0.29) is 11.5 Å². The number of carbonyl (C=O) groups is 1. The summed E-state index contributed by atoms with van der Waals surface area (Å²) < 4.78 is 1.72. The molecule has 6 heteroatoms. The van der Waals surface area contributed by atoms with Gasteiger partial charge >= 0.3 is 0 Å². The number of amides is 1. The van der Waals surface area contributed by atoms with Crippen molar-refractivity contribution in [3.05, 3.63) is 74.3 Å². The molecule has 0 unspecified atom stereocenters. The van der Waals surface area contributed by atoms with E-state index in [1.54, 1.807) is 25.2 Å². The number of nitrogens with zero attached hydrogens (tertiary/aromatic N) is 1. The van der Waals surface area contributed by atoms with Gasteiger partial charge in [-0.15, -0.1) is 0 Å². The molecule has 1 atom stereocenters. The quantitative estimate of drug-likeness (QED) is 0.685. The first-order valence-corrected chi connectivity index (χ1v) is 9.54. The summed E-state index contributed by atoms with van der Waals surface area (Å²) in [5.41, 5.74) is 3.66. The van der Waals surface area contributed by atoms with Crippen LogP contribution in [0, 0.1) is 4.77 Å². The maximum Gasteiger partial charge on any atom is 0.261 e. The van der Waals surface area contributed by atoms with Crippen LogP contribution in [0.3, 0.4) is 0 Å². The average Bonchev–Trinajstić information content (AvgIpc) is 2.70. The van der Waals surface area contributed by atoms with E-state index in [1.165, 1.54) is 15.7 Å². The molecule has 1 aliphatic rings. The second-order valence-corrected chi connectivity index (χ2v) is 7.44. The highest BCUT2D eigenvalue weighted by Gasteiger charge is 2.20. The van der Waals surface area contributed by atoms with E-state index in [9.17, 15) is 9.59 Å². The van der Waals surface area contributed by atoms with Crippen molar-refractivity contribution in [1.82, 2.24) is 14.9 Å². The smallest absolute Gasteiger partial charge is 0.261 e. The van der Waals surface area contributed by atoms with E-state index < -0.39 is 0 Å². The maximum atomic E-state index is 12.6. The zero-order valence-corrected chi connectivity index (χ0v) is 15.9. The fourth-order valence-electron chi connectivity index (χ4n) is 3.83. The molecule has 1 aliphatic carbocycles. The van der Waals surface area contributed by atoms with Crippen LogP contribution >= 0.6 is 12.2 Å².